The third-order valence-electron chi connectivity index (χ3n) is 3.04. The maximum Gasteiger partial charge on any atom is 0.226 e. The lowest BCUT2D eigenvalue weighted by Gasteiger charge is -2.10. The SMILES string of the molecule is NCc1ccc(NC(=O)CCOC2CCOC2)cc1. The number of amides is 1. The molecule has 1 aromatic carbocycles. The van der Waals surface area contributed by atoms with Crippen molar-refractivity contribution in [1.82, 2.24) is 0 Å². The van der Waals surface area contributed by atoms with Crippen LogP contribution >= 0.6 is 0 Å². The van der Waals surface area contributed by atoms with Gasteiger partial charge in [0.05, 0.1) is 25.7 Å². The summed E-state index contributed by atoms with van der Waals surface area (Å²) in [5.74, 6) is -0.0422. The molecule has 5 heteroatoms. The molecule has 2 rings (SSSR count). The van der Waals surface area contributed by atoms with E-state index >= 15 is 0 Å². The van der Waals surface area contributed by atoms with Crippen LogP contribution in [-0.2, 0) is 20.8 Å². The monoisotopic (exact) mass is 264 g/mol. The zero-order chi connectivity index (χ0) is 13.5. The van der Waals surface area contributed by atoms with E-state index < -0.39 is 0 Å². The van der Waals surface area contributed by atoms with Crippen molar-refractivity contribution in [2.75, 3.05) is 25.1 Å². The molecule has 5 nitrogen and oxygen atoms in total. The van der Waals surface area contributed by atoms with Crippen LogP contribution in [0.15, 0.2) is 24.3 Å². The molecular weight excluding hydrogens is 244 g/mol. The largest absolute Gasteiger partial charge is 0.379 e. The Balaban J connectivity index is 1.68. The molecular formula is C14H20N2O3. The lowest BCUT2D eigenvalue weighted by molar-refractivity contribution is -0.117. The van der Waals surface area contributed by atoms with Gasteiger partial charge in [0.15, 0.2) is 0 Å². The van der Waals surface area contributed by atoms with Crippen LogP contribution < -0.4 is 11.1 Å². The highest BCUT2D eigenvalue weighted by Crippen LogP contribution is 2.11. The first kappa shape index (κ1) is 14.0. The minimum absolute atomic E-state index is 0.0422. The van der Waals surface area contributed by atoms with E-state index in [2.05, 4.69) is 5.32 Å². The Kier molecular flexibility index (Phi) is 5.32. The molecule has 1 amide bonds. The molecule has 104 valence electrons. The van der Waals surface area contributed by atoms with E-state index in [0.717, 1.165) is 24.3 Å². The number of anilines is 1. The van der Waals surface area contributed by atoms with Crippen molar-refractivity contribution >= 4 is 11.6 Å². The van der Waals surface area contributed by atoms with E-state index in [0.29, 0.717) is 26.2 Å². The number of nitrogens with two attached hydrogens (primary N) is 1. The molecule has 0 aromatic heterocycles. The fourth-order valence-electron chi connectivity index (χ4n) is 1.91. The number of nitrogens with one attached hydrogen (secondary N) is 1. The number of carbonyl (C=O) groups is 1. The summed E-state index contributed by atoms with van der Waals surface area (Å²) in [5, 5.41) is 2.83. The van der Waals surface area contributed by atoms with Crippen LogP contribution in [-0.4, -0.2) is 31.8 Å². The summed E-state index contributed by atoms with van der Waals surface area (Å²) in [4.78, 5) is 11.7. The van der Waals surface area contributed by atoms with E-state index in [9.17, 15) is 4.79 Å². The van der Waals surface area contributed by atoms with Crippen molar-refractivity contribution in [2.45, 2.75) is 25.5 Å². The van der Waals surface area contributed by atoms with Crippen LogP contribution in [0.1, 0.15) is 18.4 Å². The van der Waals surface area contributed by atoms with Crippen LogP contribution in [0.25, 0.3) is 0 Å². The third kappa shape index (κ3) is 4.63. The predicted octanol–water partition coefficient (Wildman–Crippen LogP) is 1.28. The van der Waals surface area contributed by atoms with Crippen LogP contribution in [0.3, 0.4) is 0 Å². The van der Waals surface area contributed by atoms with Crippen molar-refractivity contribution in [3.05, 3.63) is 29.8 Å². The highest BCUT2D eigenvalue weighted by molar-refractivity contribution is 5.90. The molecule has 0 radical (unpaired) electrons. The average molecular weight is 264 g/mol. The van der Waals surface area contributed by atoms with Crippen LogP contribution in [0, 0.1) is 0 Å². The summed E-state index contributed by atoms with van der Waals surface area (Å²) in [6.07, 6.45) is 1.42. The number of hydrogen-bond acceptors (Lipinski definition) is 4. The maximum absolute atomic E-state index is 11.7. The number of hydrogen-bond donors (Lipinski definition) is 2. The van der Waals surface area contributed by atoms with Gasteiger partial charge >= 0.3 is 0 Å². The Morgan fingerprint density at radius 3 is 2.84 bits per heavy atom. The Bertz CT molecular complexity index is 400. The second-order valence-corrected chi connectivity index (χ2v) is 4.56. The molecule has 1 heterocycles. The number of ether oxygens (including phenoxy) is 2. The molecule has 19 heavy (non-hydrogen) atoms. The van der Waals surface area contributed by atoms with Gasteiger partial charge in [-0.15, -0.1) is 0 Å². The molecule has 0 saturated carbocycles. The smallest absolute Gasteiger partial charge is 0.226 e. The van der Waals surface area contributed by atoms with Crippen molar-refractivity contribution in [1.29, 1.82) is 0 Å². The highest BCUT2D eigenvalue weighted by Gasteiger charge is 2.16. The van der Waals surface area contributed by atoms with Crippen molar-refractivity contribution in [3.63, 3.8) is 0 Å². The number of benzene rings is 1. The second kappa shape index (κ2) is 7.23. The van der Waals surface area contributed by atoms with E-state index in [1.54, 1.807) is 0 Å². The van der Waals surface area contributed by atoms with Gasteiger partial charge in [0.2, 0.25) is 5.91 Å². The summed E-state index contributed by atoms with van der Waals surface area (Å²) >= 11 is 0. The minimum Gasteiger partial charge on any atom is -0.379 e. The fraction of sp³-hybridized carbons (Fsp3) is 0.500. The molecule has 0 aliphatic carbocycles. The van der Waals surface area contributed by atoms with Gasteiger partial charge in [-0.1, -0.05) is 12.1 Å². The highest BCUT2D eigenvalue weighted by atomic mass is 16.5. The van der Waals surface area contributed by atoms with Gasteiger partial charge in [-0.05, 0) is 24.1 Å². The molecule has 1 fully saturated rings. The van der Waals surface area contributed by atoms with E-state index in [1.807, 2.05) is 24.3 Å². The summed E-state index contributed by atoms with van der Waals surface area (Å²) < 4.78 is 10.7. The van der Waals surface area contributed by atoms with E-state index in [-0.39, 0.29) is 12.0 Å². The number of rotatable bonds is 6. The van der Waals surface area contributed by atoms with Gasteiger partial charge < -0.3 is 20.5 Å². The summed E-state index contributed by atoms with van der Waals surface area (Å²) in [6, 6.07) is 7.52. The number of carbonyl (C=O) groups excluding carboxylic acids is 1. The van der Waals surface area contributed by atoms with Gasteiger partial charge in [-0.25, -0.2) is 0 Å². The van der Waals surface area contributed by atoms with Gasteiger partial charge in [0.1, 0.15) is 0 Å². The van der Waals surface area contributed by atoms with Crippen LogP contribution in [0.2, 0.25) is 0 Å². The molecule has 1 atom stereocenters. The normalized spacial score (nSPS) is 18.5. The van der Waals surface area contributed by atoms with Crippen LogP contribution in [0.4, 0.5) is 5.69 Å². The zero-order valence-electron chi connectivity index (χ0n) is 10.9. The van der Waals surface area contributed by atoms with Gasteiger partial charge in [-0.3, -0.25) is 4.79 Å². The lowest BCUT2D eigenvalue weighted by Crippen LogP contribution is -2.18. The maximum atomic E-state index is 11.7. The zero-order valence-corrected chi connectivity index (χ0v) is 10.9. The molecule has 0 spiro atoms. The van der Waals surface area contributed by atoms with Crippen LogP contribution in [0.5, 0.6) is 0 Å². The molecule has 1 saturated heterocycles. The van der Waals surface area contributed by atoms with E-state index in [4.69, 9.17) is 15.2 Å². The Hall–Kier alpha value is -1.43. The van der Waals surface area contributed by atoms with Gasteiger partial charge in [0.25, 0.3) is 0 Å². The topological polar surface area (TPSA) is 73.6 Å². The minimum atomic E-state index is -0.0422. The van der Waals surface area contributed by atoms with Crippen molar-refractivity contribution in [3.8, 4) is 0 Å². The first-order chi connectivity index (χ1) is 9.28. The predicted molar refractivity (Wildman–Crippen MR) is 72.8 cm³/mol. The van der Waals surface area contributed by atoms with E-state index in [1.165, 1.54) is 0 Å². The summed E-state index contributed by atoms with van der Waals surface area (Å²) in [6.45, 7) is 2.33. The third-order valence-corrected chi connectivity index (χ3v) is 3.04. The first-order valence-electron chi connectivity index (χ1n) is 6.56. The summed E-state index contributed by atoms with van der Waals surface area (Å²) in [5.41, 5.74) is 7.34. The van der Waals surface area contributed by atoms with Crippen molar-refractivity contribution in [2.24, 2.45) is 5.73 Å². The Morgan fingerprint density at radius 2 is 2.21 bits per heavy atom. The molecule has 1 aromatic rings. The first-order valence-corrected chi connectivity index (χ1v) is 6.56. The molecule has 3 N–H and O–H groups in total. The fourth-order valence-corrected chi connectivity index (χ4v) is 1.91. The molecule has 1 unspecified atom stereocenters. The Labute approximate surface area is 113 Å². The lowest BCUT2D eigenvalue weighted by atomic mass is 10.2. The molecule has 1 aliphatic rings. The molecule has 0 bridgehead atoms. The Morgan fingerprint density at radius 1 is 1.42 bits per heavy atom. The standard InChI is InChI=1S/C14H20N2O3/c15-9-11-1-3-12(4-2-11)16-14(17)6-8-19-13-5-7-18-10-13/h1-4,13H,5-10,15H2,(H,16,17). The second-order valence-electron chi connectivity index (χ2n) is 4.56. The average Bonchev–Trinajstić information content (AvgIpc) is 2.93. The van der Waals surface area contributed by atoms with Gasteiger partial charge in [0, 0.05) is 18.8 Å². The molecule has 1 aliphatic heterocycles. The van der Waals surface area contributed by atoms with Crippen molar-refractivity contribution < 1.29 is 14.3 Å². The quantitative estimate of drug-likeness (QED) is 0.811. The summed E-state index contributed by atoms with van der Waals surface area (Å²) in [7, 11) is 0. The van der Waals surface area contributed by atoms with Gasteiger partial charge in [-0.2, -0.15) is 0 Å².